The quantitative estimate of drug-likeness (QED) is 0.854. The molecule has 0 radical (unpaired) electrons. The Morgan fingerprint density at radius 2 is 2.09 bits per heavy atom. The zero-order chi connectivity index (χ0) is 15.9. The van der Waals surface area contributed by atoms with Gasteiger partial charge in [-0.15, -0.1) is 0 Å². The molecule has 1 aromatic carbocycles. The zero-order valence-corrected chi connectivity index (χ0v) is 13.9. The van der Waals surface area contributed by atoms with Gasteiger partial charge in [0, 0.05) is 29.6 Å². The van der Waals surface area contributed by atoms with E-state index in [9.17, 15) is 13.5 Å². The fourth-order valence-electron chi connectivity index (χ4n) is 2.76. The average Bonchev–Trinajstić information content (AvgIpc) is 3.00. The standard InChI is InChI=1S/C14H14Cl2N2O3S/c15-13-7-17-14(16)12-6-10(3-4-11(12)13)22(20,21)18-5-1-2-9(18)8-19/h3-4,6-7,9,19H,1-2,5,8H2. The number of sulfonamides is 1. The molecule has 0 bridgehead atoms. The van der Waals surface area contributed by atoms with Crippen LogP contribution in [0.3, 0.4) is 0 Å². The highest BCUT2D eigenvalue weighted by molar-refractivity contribution is 7.89. The Hall–Kier alpha value is -0.920. The molecule has 1 aromatic heterocycles. The smallest absolute Gasteiger partial charge is 0.243 e. The highest BCUT2D eigenvalue weighted by atomic mass is 35.5. The van der Waals surface area contributed by atoms with Crippen molar-refractivity contribution in [1.82, 2.24) is 9.29 Å². The first kappa shape index (κ1) is 16.0. The molecular weight excluding hydrogens is 347 g/mol. The van der Waals surface area contributed by atoms with E-state index < -0.39 is 10.0 Å². The lowest BCUT2D eigenvalue weighted by molar-refractivity contribution is 0.213. The van der Waals surface area contributed by atoms with Gasteiger partial charge in [-0.3, -0.25) is 0 Å². The van der Waals surface area contributed by atoms with Crippen molar-refractivity contribution in [2.45, 2.75) is 23.8 Å². The predicted octanol–water partition coefficient (Wildman–Crippen LogP) is 2.69. The molecule has 22 heavy (non-hydrogen) atoms. The largest absolute Gasteiger partial charge is 0.395 e. The number of benzene rings is 1. The number of pyridine rings is 1. The molecule has 3 rings (SSSR count). The summed E-state index contributed by atoms with van der Waals surface area (Å²) in [6.07, 6.45) is 2.84. The van der Waals surface area contributed by atoms with Crippen molar-refractivity contribution in [1.29, 1.82) is 0 Å². The maximum atomic E-state index is 12.8. The molecule has 1 saturated heterocycles. The molecule has 5 nitrogen and oxygen atoms in total. The molecule has 1 fully saturated rings. The second kappa shape index (κ2) is 5.94. The van der Waals surface area contributed by atoms with Gasteiger partial charge < -0.3 is 5.11 Å². The number of hydrogen-bond donors (Lipinski definition) is 1. The van der Waals surface area contributed by atoms with Crippen LogP contribution in [0.1, 0.15) is 12.8 Å². The van der Waals surface area contributed by atoms with Crippen LogP contribution in [0.5, 0.6) is 0 Å². The van der Waals surface area contributed by atoms with E-state index >= 15 is 0 Å². The molecule has 0 spiro atoms. The van der Waals surface area contributed by atoms with Crippen molar-refractivity contribution in [3.63, 3.8) is 0 Å². The second-order valence-electron chi connectivity index (χ2n) is 5.20. The Bertz CT molecular complexity index is 826. The van der Waals surface area contributed by atoms with Crippen molar-refractivity contribution in [2.24, 2.45) is 0 Å². The van der Waals surface area contributed by atoms with Gasteiger partial charge in [0.2, 0.25) is 10.0 Å². The van der Waals surface area contributed by atoms with Crippen LogP contribution < -0.4 is 0 Å². The van der Waals surface area contributed by atoms with Gasteiger partial charge in [-0.2, -0.15) is 4.31 Å². The monoisotopic (exact) mass is 360 g/mol. The fourth-order valence-corrected chi connectivity index (χ4v) is 4.89. The highest BCUT2D eigenvalue weighted by Crippen LogP contribution is 2.32. The molecule has 1 unspecified atom stereocenters. The summed E-state index contributed by atoms with van der Waals surface area (Å²) < 4.78 is 26.9. The summed E-state index contributed by atoms with van der Waals surface area (Å²) in [6.45, 7) is 0.230. The van der Waals surface area contributed by atoms with Gasteiger partial charge >= 0.3 is 0 Å². The molecular formula is C14H14Cl2N2O3S. The third-order valence-corrected chi connectivity index (χ3v) is 6.45. The first-order chi connectivity index (χ1) is 10.4. The Balaban J connectivity index is 2.12. The van der Waals surface area contributed by atoms with Gasteiger partial charge in [0.05, 0.1) is 16.5 Å². The molecule has 1 aliphatic heterocycles. The van der Waals surface area contributed by atoms with Gasteiger partial charge in [-0.25, -0.2) is 13.4 Å². The molecule has 0 aliphatic carbocycles. The van der Waals surface area contributed by atoms with Crippen LogP contribution in [-0.4, -0.2) is 42.0 Å². The van der Waals surface area contributed by atoms with Crippen LogP contribution >= 0.6 is 23.2 Å². The van der Waals surface area contributed by atoms with E-state index in [1.807, 2.05) is 0 Å². The lowest BCUT2D eigenvalue weighted by Crippen LogP contribution is -2.37. The molecule has 0 amide bonds. The van der Waals surface area contributed by atoms with E-state index in [0.29, 0.717) is 28.8 Å². The first-order valence-electron chi connectivity index (χ1n) is 6.81. The average molecular weight is 361 g/mol. The number of nitrogens with zero attached hydrogens (tertiary/aromatic N) is 2. The van der Waals surface area contributed by atoms with Crippen molar-refractivity contribution >= 4 is 44.0 Å². The first-order valence-corrected chi connectivity index (χ1v) is 9.01. The summed E-state index contributed by atoms with van der Waals surface area (Å²) in [7, 11) is -3.68. The number of rotatable bonds is 3. The predicted molar refractivity (Wildman–Crippen MR) is 85.8 cm³/mol. The maximum Gasteiger partial charge on any atom is 0.243 e. The number of hydrogen-bond acceptors (Lipinski definition) is 4. The molecule has 2 heterocycles. The molecule has 1 aliphatic rings. The third-order valence-electron chi connectivity index (χ3n) is 3.90. The van der Waals surface area contributed by atoms with Crippen molar-refractivity contribution in [3.8, 4) is 0 Å². The van der Waals surface area contributed by atoms with E-state index in [4.69, 9.17) is 23.2 Å². The van der Waals surface area contributed by atoms with Gasteiger partial charge in [0.1, 0.15) is 5.15 Å². The zero-order valence-electron chi connectivity index (χ0n) is 11.5. The van der Waals surface area contributed by atoms with Crippen LogP contribution in [0, 0.1) is 0 Å². The highest BCUT2D eigenvalue weighted by Gasteiger charge is 2.35. The number of halogens is 2. The minimum atomic E-state index is -3.68. The van der Waals surface area contributed by atoms with E-state index in [0.717, 1.165) is 6.42 Å². The molecule has 8 heteroatoms. The number of aliphatic hydroxyl groups excluding tert-OH is 1. The van der Waals surface area contributed by atoms with Gasteiger partial charge in [0.25, 0.3) is 0 Å². The fraction of sp³-hybridized carbons (Fsp3) is 0.357. The van der Waals surface area contributed by atoms with Gasteiger partial charge in [-0.05, 0) is 25.0 Å². The number of aromatic nitrogens is 1. The molecule has 0 saturated carbocycles. The summed E-state index contributed by atoms with van der Waals surface area (Å²) in [6, 6.07) is 4.25. The van der Waals surface area contributed by atoms with Crippen LogP contribution in [0.15, 0.2) is 29.3 Å². The summed E-state index contributed by atoms with van der Waals surface area (Å²) in [5, 5.41) is 11.1. The number of fused-ring (bicyclic) bond motifs is 1. The lowest BCUT2D eigenvalue weighted by Gasteiger charge is -2.22. The lowest BCUT2D eigenvalue weighted by atomic mass is 10.2. The third kappa shape index (κ3) is 2.59. The summed E-state index contributed by atoms with van der Waals surface area (Å²) >= 11 is 12.1. The number of aliphatic hydroxyl groups is 1. The van der Waals surface area contributed by atoms with Crippen molar-refractivity contribution in [3.05, 3.63) is 34.6 Å². The van der Waals surface area contributed by atoms with E-state index in [1.54, 1.807) is 6.07 Å². The molecule has 118 valence electrons. The van der Waals surface area contributed by atoms with Gasteiger partial charge in [0.15, 0.2) is 0 Å². The van der Waals surface area contributed by atoms with Crippen LogP contribution in [-0.2, 0) is 10.0 Å². The summed E-state index contributed by atoms with van der Waals surface area (Å²) in [4.78, 5) is 4.07. The summed E-state index contributed by atoms with van der Waals surface area (Å²) in [5.74, 6) is 0. The Kier molecular flexibility index (Phi) is 4.31. The molecule has 2 aromatic rings. The molecule has 1 atom stereocenters. The van der Waals surface area contributed by atoms with Gasteiger partial charge in [-0.1, -0.05) is 29.3 Å². The Morgan fingerprint density at radius 3 is 2.82 bits per heavy atom. The minimum Gasteiger partial charge on any atom is -0.395 e. The maximum absolute atomic E-state index is 12.8. The minimum absolute atomic E-state index is 0.131. The van der Waals surface area contributed by atoms with E-state index in [2.05, 4.69) is 4.98 Å². The molecule has 1 N–H and O–H groups in total. The normalized spacial score (nSPS) is 19.9. The van der Waals surface area contributed by atoms with E-state index in [-0.39, 0.29) is 22.7 Å². The Morgan fingerprint density at radius 1 is 1.32 bits per heavy atom. The SMILES string of the molecule is O=S(=O)(c1ccc2c(Cl)cnc(Cl)c2c1)N1CCCC1CO. The van der Waals surface area contributed by atoms with Crippen LogP contribution in [0.25, 0.3) is 10.8 Å². The van der Waals surface area contributed by atoms with Crippen molar-refractivity contribution in [2.75, 3.05) is 13.2 Å². The second-order valence-corrected chi connectivity index (χ2v) is 7.85. The van der Waals surface area contributed by atoms with E-state index in [1.165, 1.54) is 22.6 Å². The van der Waals surface area contributed by atoms with Crippen LogP contribution in [0.2, 0.25) is 10.2 Å². The van der Waals surface area contributed by atoms with Crippen LogP contribution in [0.4, 0.5) is 0 Å². The van der Waals surface area contributed by atoms with Crippen molar-refractivity contribution < 1.29 is 13.5 Å². The summed E-state index contributed by atoms with van der Waals surface area (Å²) in [5.41, 5.74) is 0. The topological polar surface area (TPSA) is 70.5 Å². The Labute approximate surface area is 138 Å².